The fourth-order valence-electron chi connectivity index (χ4n) is 1.88. The van der Waals surface area contributed by atoms with Gasteiger partial charge in [0.15, 0.2) is 0 Å². The second kappa shape index (κ2) is 6.54. The van der Waals surface area contributed by atoms with Gasteiger partial charge in [-0.3, -0.25) is 0 Å². The molecule has 0 bridgehead atoms. The van der Waals surface area contributed by atoms with Gasteiger partial charge < -0.3 is 10.2 Å². The summed E-state index contributed by atoms with van der Waals surface area (Å²) >= 11 is 6.14. The highest BCUT2D eigenvalue weighted by Crippen LogP contribution is 2.32. The standard InChI is InChI=1S/C14H17ClN4O/c1-3-4-10-13(19-16)17-8-18-14(10)20-12-7-9(2)5-6-11(12)15/h5-8H,3-4,16H2,1-2H3,(H,17,18,19). The molecule has 0 aliphatic rings. The molecule has 0 saturated heterocycles. The monoisotopic (exact) mass is 292 g/mol. The number of benzene rings is 1. The fourth-order valence-corrected chi connectivity index (χ4v) is 2.03. The van der Waals surface area contributed by atoms with Gasteiger partial charge in [-0.05, 0) is 31.0 Å². The molecule has 0 spiro atoms. The van der Waals surface area contributed by atoms with Crippen LogP contribution in [0.4, 0.5) is 5.82 Å². The van der Waals surface area contributed by atoms with Crippen molar-refractivity contribution in [2.45, 2.75) is 26.7 Å². The van der Waals surface area contributed by atoms with Gasteiger partial charge in [0.1, 0.15) is 17.9 Å². The Balaban J connectivity index is 2.39. The number of rotatable bonds is 5. The molecule has 3 N–H and O–H groups in total. The average Bonchev–Trinajstić information content (AvgIpc) is 2.45. The van der Waals surface area contributed by atoms with E-state index in [1.807, 2.05) is 19.1 Å². The van der Waals surface area contributed by atoms with Crippen LogP contribution in [0, 0.1) is 6.92 Å². The molecule has 0 saturated carbocycles. The van der Waals surface area contributed by atoms with Crippen molar-refractivity contribution in [3.63, 3.8) is 0 Å². The van der Waals surface area contributed by atoms with E-state index in [-0.39, 0.29) is 0 Å². The van der Waals surface area contributed by atoms with Gasteiger partial charge in [-0.1, -0.05) is 31.0 Å². The minimum absolute atomic E-state index is 0.474. The summed E-state index contributed by atoms with van der Waals surface area (Å²) in [5.41, 5.74) is 4.47. The molecule has 106 valence electrons. The summed E-state index contributed by atoms with van der Waals surface area (Å²) in [6.45, 7) is 4.04. The largest absolute Gasteiger partial charge is 0.437 e. The van der Waals surface area contributed by atoms with Crippen LogP contribution in [0.5, 0.6) is 11.6 Å². The molecule has 6 heteroatoms. The van der Waals surface area contributed by atoms with Crippen molar-refractivity contribution in [3.8, 4) is 11.6 Å². The summed E-state index contributed by atoms with van der Waals surface area (Å²) in [5.74, 6) is 7.09. The summed E-state index contributed by atoms with van der Waals surface area (Å²) < 4.78 is 5.84. The van der Waals surface area contributed by atoms with Crippen LogP contribution in [0.1, 0.15) is 24.5 Å². The van der Waals surface area contributed by atoms with Gasteiger partial charge in [0.25, 0.3) is 0 Å². The number of hydrogen-bond donors (Lipinski definition) is 2. The van der Waals surface area contributed by atoms with E-state index in [4.69, 9.17) is 22.2 Å². The van der Waals surface area contributed by atoms with Crippen molar-refractivity contribution >= 4 is 17.4 Å². The second-order valence-electron chi connectivity index (χ2n) is 4.44. The van der Waals surface area contributed by atoms with Crippen molar-refractivity contribution < 1.29 is 4.74 Å². The van der Waals surface area contributed by atoms with E-state index in [9.17, 15) is 0 Å². The topological polar surface area (TPSA) is 73.1 Å². The predicted molar refractivity (Wildman–Crippen MR) is 80.1 cm³/mol. The molecule has 2 aromatic rings. The first-order valence-corrected chi connectivity index (χ1v) is 6.78. The quantitative estimate of drug-likeness (QED) is 0.652. The van der Waals surface area contributed by atoms with Crippen LogP contribution in [0.3, 0.4) is 0 Å². The molecular formula is C14H17ClN4O. The minimum atomic E-state index is 0.474. The number of aryl methyl sites for hydroxylation is 1. The van der Waals surface area contributed by atoms with Crippen LogP contribution in [-0.4, -0.2) is 9.97 Å². The zero-order chi connectivity index (χ0) is 14.5. The Hall–Kier alpha value is -1.85. The van der Waals surface area contributed by atoms with Crippen molar-refractivity contribution in [1.29, 1.82) is 0 Å². The molecule has 0 fully saturated rings. The lowest BCUT2D eigenvalue weighted by atomic mass is 10.1. The molecule has 0 radical (unpaired) electrons. The highest BCUT2D eigenvalue weighted by Gasteiger charge is 2.13. The summed E-state index contributed by atoms with van der Waals surface area (Å²) in [4.78, 5) is 8.28. The Morgan fingerprint density at radius 1 is 1.35 bits per heavy atom. The number of aromatic nitrogens is 2. The van der Waals surface area contributed by atoms with E-state index in [1.165, 1.54) is 6.33 Å². The molecule has 1 aromatic carbocycles. The number of hydrazine groups is 1. The van der Waals surface area contributed by atoms with Gasteiger partial charge in [-0.25, -0.2) is 15.8 Å². The number of nitrogens with zero attached hydrogens (tertiary/aromatic N) is 2. The van der Waals surface area contributed by atoms with E-state index in [0.717, 1.165) is 24.0 Å². The molecule has 20 heavy (non-hydrogen) atoms. The normalized spacial score (nSPS) is 10.4. The van der Waals surface area contributed by atoms with E-state index in [1.54, 1.807) is 6.07 Å². The fraction of sp³-hybridized carbons (Fsp3) is 0.286. The first kappa shape index (κ1) is 14.6. The van der Waals surface area contributed by atoms with Gasteiger partial charge in [0.2, 0.25) is 5.88 Å². The molecule has 0 aliphatic carbocycles. The lowest BCUT2D eigenvalue weighted by molar-refractivity contribution is 0.454. The minimum Gasteiger partial charge on any atom is -0.437 e. The van der Waals surface area contributed by atoms with Crippen LogP contribution >= 0.6 is 11.6 Å². The van der Waals surface area contributed by atoms with E-state index < -0.39 is 0 Å². The second-order valence-corrected chi connectivity index (χ2v) is 4.84. The molecule has 1 aromatic heterocycles. The lowest BCUT2D eigenvalue weighted by Crippen LogP contribution is -2.12. The van der Waals surface area contributed by atoms with Crippen LogP contribution in [0.25, 0.3) is 0 Å². The van der Waals surface area contributed by atoms with Crippen LogP contribution in [-0.2, 0) is 6.42 Å². The maximum absolute atomic E-state index is 6.14. The van der Waals surface area contributed by atoms with Gasteiger partial charge in [-0.15, -0.1) is 0 Å². The molecule has 5 nitrogen and oxygen atoms in total. The first-order chi connectivity index (χ1) is 9.65. The molecule has 2 rings (SSSR count). The molecular weight excluding hydrogens is 276 g/mol. The smallest absolute Gasteiger partial charge is 0.227 e. The number of hydrogen-bond acceptors (Lipinski definition) is 5. The Morgan fingerprint density at radius 2 is 2.15 bits per heavy atom. The Kier molecular flexibility index (Phi) is 4.76. The first-order valence-electron chi connectivity index (χ1n) is 6.40. The number of halogens is 1. The maximum Gasteiger partial charge on any atom is 0.227 e. The molecule has 0 unspecified atom stereocenters. The number of nitrogens with two attached hydrogens (primary N) is 1. The zero-order valence-electron chi connectivity index (χ0n) is 11.5. The summed E-state index contributed by atoms with van der Waals surface area (Å²) in [5, 5.41) is 0.541. The van der Waals surface area contributed by atoms with Crippen molar-refractivity contribution in [2.75, 3.05) is 5.43 Å². The highest BCUT2D eigenvalue weighted by atomic mass is 35.5. The van der Waals surface area contributed by atoms with Crippen LogP contribution < -0.4 is 16.0 Å². The highest BCUT2D eigenvalue weighted by molar-refractivity contribution is 6.32. The number of nitrogen functional groups attached to an aromatic ring is 1. The third-order valence-electron chi connectivity index (χ3n) is 2.84. The zero-order valence-corrected chi connectivity index (χ0v) is 12.2. The summed E-state index contributed by atoms with van der Waals surface area (Å²) in [6.07, 6.45) is 3.10. The van der Waals surface area contributed by atoms with Crippen molar-refractivity contribution in [3.05, 3.63) is 40.7 Å². The Morgan fingerprint density at radius 3 is 2.85 bits per heavy atom. The van der Waals surface area contributed by atoms with Crippen molar-refractivity contribution in [1.82, 2.24) is 9.97 Å². The van der Waals surface area contributed by atoms with E-state index >= 15 is 0 Å². The summed E-state index contributed by atoms with van der Waals surface area (Å²) in [7, 11) is 0. The van der Waals surface area contributed by atoms with E-state index in [0.29, 0.717) is 22.5 Å². The van der Waals surface area contributed by atoms with Crippen molar-refractivity contribution in [2.24, 2.45) is 5.84 Å². The lowest BCUT2D eigenvalue weighted by Gasteiger charge is -2.13. The average molecular weight is 293 g/mol. The van der Waals surface area contributed by atoms with Gasteiger partial charge in [0, 0.05) is 0 Å². The molecule has 0 atom stereocenters. The van der Waals surface area contributed by atoms with Crippen LogP contribution in [0.2, 0.25) is 5.02 Å². The molecule has 0 amide bonds. The van der Waals surface area contributed by atoms with Gasteiger partial charge >= 0.3 is 0 Å². The molecule has 0 aliphatic heterocycles. The van der Waals surface area contributed by atoms with Crippen LogP contribution in [0.15, 0.2) is 24.5 Å². The molecule has 1 heterocycles. The summed E-state index contributed by atoms with van der Waals surface area (Å²) in [6, 6.07) is 5.60. The third kappa shape index (κ3) is 3.18. The van der Waals surface area contributed by atoms with E-state index in [2.05, 4.69) is 22.3 Å². The van der Waals surface area contributed by atoms with Gasteiger partial charge in [-0.2, -0.15) is 0 Å². The Labute approximate surface area is 123 Å². The number of anilines is 1. The Bertz CT molecular complexity index is 604. The van der Waals surface area contributed by atoms with Gasteiger partial charge in [0.05, 0.1) is 10.6 Å². The maximum atomic E-state index is 6.14. The SMILES string of the molecule is CCCc1c(NN)ncnc1Oc1cc(C)ccc1Cl. The number of ether oxygens (including phenoxy) is 1. The third-order valence-corrected chi connectivity index (χ3v) is 3.15. The predicted octanol–water partition coefficient (Wildman–Crippen LogP) is 3.47. The number of nitrogens with one attached hydrogen (secondary N) is 1.